The average molecular weight is 224 g/mol. The molecule has 0 radical (unpaired) electrons. The molecule has 84 valence electrons. The van der Waals surface area contributed by atoms with E-state index >= 15 is 0 Å². The van der Waals surface area contributed by atoms with Crippen molar-refractivity contribution in [2.75, 3.05) is 6.54 Å². The number of aromatic nitrogens is 1. The van der Waals surface area contributed by atoms with Gasteiger partial charge in [-0.3, -0.25) is 0 Å². The number of nitrogens with zero attached hydrogens (tertiary/aromatic N) is 1. The van der Waals surface area contributed by atoms with Crippen LogP contribution in [0.1, 0.15) is 50.2 Å². The third kappa shape index (κ3) is 1.72. The molecule has 2 N–H and O–H groups in total. The van der Waals surface area contributed by atoms with Crippen LogP contribution in [-0.2, 0) is 0 Å². The summed E-state index contributed by atoms with van der Waals surface area (Å²) in [5.41, 5.74) is 7.41. The molecule has 1 heterocycles. The molecule has 0 spiro atoms. The maximum absolute atomic E-state index is 5.78. The van der Waals surface area contributed by atoms with Gasteiger partial charge in [-0.15, -0.1) is 11.3 Å². The maximum atomic E-state index is 5.78. The maximum Gasteiger partial charge on any atom is 0.0953 e. The zero-order valence-electron chi connectivity index (χ0n) is 9.95. The summed E-state index contributed by atoms with van der Waals surface area (Å²) in [6, 6.07) is 0. The topological polar surface area (TPSA) is 38.9 Å². The van der Waals surface area contributed by atoms with Gasteiger partial charge in [-0.1, -0.05) is 27.7 Å². The number of hydrogen-bond acceptors (Lipinski definition) is 3. The Morgan fingerprint density at radius 1 is 1.53 bits per heavy atom. The minimum absolute atomic E-state index is 0.358. The molecule has 0 bridgehead atoms. The first-order valence-electron chi connectivity index (χ1n) is 5.63. The molecule has 1 aromatic rings. The lowest BCUT2D eigenvalue weighted by atomic mass is 10.1. The van der Waals surface area contributed by atoms with Crippen LogP contribution in [0.25, 0.3) is 0 Å². The van der Waals surface area contributed by atoms with Gasteiger partial charge in [0.2, 0.25) is 0 Å². The quantitative estimate of drug-likeness (QED) is 0.857. The molecule has 0 unspecified atom stereocenters. The molecule has 2 nitrogen and oxygen atoms in total. The first-order chi connectivity index (χ1) is 6.98. The summed E-state index contributed by atoms with van der Waals surface area (Å²) in [6.45, 7) is 9.77. The third-order valence-corrected chi connectivity index (χ3v) is 4.82. The second-order valence-corrected chi connectivity index (χ2v) is 6.30. The van der Waals surface area contributed by atoms with Gasteiger partial charge in [0.05, 0.1) is 10.7 Å². The first-order valence-corrected chi connectivity index (χ1v) is 6.51. The Morgan fingerprint density at radius 2 is 2.20 bits per heavy atom. The van der Waals surface area contributed by atoms with Crippen LogP contribution in [0.5, 0.6) is 0 Å². The van der Waals surface area contributed by atoms with Crippen LogP contribution in [0.2, 0.25) is 0 Å². The zero-order valence-corrected chi connectivity index (χ0v) is 10.8. The molecule has 0 aromatic carbocycles. The van der Waals surface area contributed by atoms with E-state index in [4.69, 9.17) is 10.7 Å². The molecular formula is C12H20N2S. The molecule has 0 aliphatic heterocycles. The van der Waals surface area contributed by atoms with Gasteiger partial charge in [0.1, 0.15) is 0 Å². The van der Waals surface area contributed by atoms with Crippen LogP contribution in [0.3, 0.4) is 0 Å². The fraction of sp³-hybridized carbons (Fsp3) is 0.750. The Labute approximate surface area is 95.9 Å². The van der Waals surface area contributed by atoms with Crippen molar-refractivity contribution in [1.29, 1.82) is 0 Å². The number of rotatable bonds is 3. The van der Waals surface area contributed by atoms with E-state index in [0.717, 1.165) is 6.54 Å². The average Bonchev–Trinajstić information content (AvgIpc) is 2.58. The van der Waals surface area contributed by atoms with Crippen molar-refractivity contribution in [3.05, 3.63) is 16.1 Å². The molecule has 0 saturated heterocycles. The highest BCUT2D eigenvalue weighted by atomic mass is 32.1. The summed E-state index contributed by atoms with van der Waals surface area (Å²) in [6.07, 6.45) is 0. The van der Waals surface area contributed by atoms with E-state index in [1.165, 1.54) is 10.7 Å². The van der Waals surface area contributed by atoms with Gasteiger partial charge < -0.3 is 5.73 Å². The van der Waals surface area contributed by atoms with Gasteiger partial charge in [-0.25, -0.2) is 4.98 Å². The van der Waals surface area contributed by atoms with Crippen LogP contribution >= 0.6 is 11.3 Å². The van der Waals surface area contributed by atoms with Gasteiger partial charge in [-0.2, -0.15) is 0 Å². The van der Waals surface area contributed by atoms with Gasteiger partial charge >= 0.3 is 0 Å². The summed E-state index contributed by atoms with van der Waals surface area (Å²) in [5, 5.41) is 3.47. The predicted octanol–water partition coefficient (Wildman–Crippen LogP) is 2.96. The highest BCUT2D eigenvalue weighted by Gasteiger charge is 2.58. The summed E-state index contributed by atoms with van der Waals surface area (Å²) in [5.74, 6) is 1.76. The van der Waals surface area contributed by atoms with Crippen molar-refractivity contribution < 1.29 is 0 Å². The van der Waals surface area contributed by atoms with E-state index in [2.05, 4.69) is 33.1 Å². The standard InChI is InChI=1S/C12H20N2S/c1-7(2)11-14-9(6-15-11)10-8(5-13)12(10,3)4/h6-8,10H,5,13H2,1-4H3/t8-,10+/m0/s1. The molecule has 0 amide bonds. The van der Waals surface area contributed by atoms with E-state index in [-0.39, 0.29) is 0 Å². The Hall–Kier alpha value is -0.410. The van der Waals surface area contributed by atoms with E-state index in [1.54, 1.807) is 11.3 Å². The fourth-order valence-corrected chi connectivity index (χ4v) is 3.35. The Kier molecular flexibility index (Phi) is 2.63. The minimum Gasteiger partial charge on any atom is -0.330 e. The molecule has 15 heavy (non-hydrogen) atoms. The Bertz CT molecular complexity index is 354. The molecule has 1 saturated carbocycles. The van der Waals surface area contributed by atoms with Crippen molar-refractivity contribution in [1.82, 2.24) is 4.98 Å². The van der Waals surface area contributed by atoms with Crippen molar-refractivity contribution >= 4 is 11.3 Å². The summed E-state index contributed by atoms with van der Waals surface area (Å²) >= 11 is 1.79. The highest BCUT2D eigenvalue weighted by Crippen LogP contribution is 2.63. The second-order valence-electron chi connectivity index (χ2n) is 5.41. The lowest BCUT2D eigenvalue weighted by molar-refractivity contribution is 0.557. The van der Waals surface area contributed by atoms with E-state index in [9.17, 15) is 0 Å². The molecule has 3 heteroatoms. The van der Waals surface area contributed by atoms with Crippen LogP contribution in [0, 0.1) is 11.3 Å². The zero-order chi connectivity index (χ0) is 11.2. The molecule has 2 atom stereocenters. The van der Waals surface area contributed by atoms with Crippen molar-refractivity contribution in [2.24, 2.45) is 17.1 Å². The predicted molar refractivity (Wildman–Crippen MR) is 65.3 cm³/mol. The van der Waals surface area contributed by atoms with Crippen molar-refractivity contribution in [2.45, 2.75) is 39.5 Å². The summed E-state index contributed by atoms with van der Waals surface area (Å²) in [7, 11) is 0. The molecule has 1 fully saturated rings. The van der Waals surface area contributed by atoms with Crippen molar-refractivity contribution in [3.63, 3.8) is 0 Å². The van der Waals surface area contributed by atoms with Gasteiger partial charge in [0.15, 0.2) is 0 Å². The van der Waals surface area contributed by atoms with E-state index in [0.29, 0.717) is 23.2 Å². The fourth-order valence-electron chi connectivity index (χ4n) is 2.48. The summed E-state index contributed by atoms with van der Waals surface area (Å²) < 4.78 is 0. The number of thiazole rings is 1. The second kappa shape index (κ2) is 3.56. The summed E-state index contributed by atoms with van der Waals surface area (Å²) in [4.78, 5) is 4.73. The molecule has 1 aliphatic rings. The van der Waals surface area contributed by atoms with Crippen LogP contribution in [0.15, 0.2) is 5.38 Å². The monoisotopic (exact) mass is 224 g/mol. The minimum atomic E-state index is 0.358. The highest BCUT2D eigenvalue weighted by molar-refractivity contribution is 7.09. The van der Waals surface area contributed by atoms with Gasteiger partial charge in [0, 0.05) is 17.2 Å². The number of hydrogen-bond donors (Lipinski definition) is 1. The molecule has 1 aromatic heterocycles. The Balaban J connectivity index is 2.18. The van der Waals surface area contributed by atoms with E-state index in [1.807, 2.05) is 0 Å². The van der Waals surface area contributed by atoms with Gasteiger partial charge in [0.25, 0.3) is 0 Å². The first kappa shape index (κ1) is 11.1. The normalized spacial score (nSPS) is 28.4. The lowest BCUT2D eigenvalue weighted by Gasteiger charge is -1.99. The molecular weight excluding hydrogens is 204 g/mol. The largest absolute Gasteiger partial charge is 0.330 e. The Morgan fingerprint density at radius 3 is 2.60 bits per heavy atom. The lowest BCUT2D eigenvalue weighted by Crippen LogP contribution is -2.05. The third-order valence-electron chi connectivity index (χ3n) is 3.66. The van der Waals surface area contributed by atoms with Crippen LogP contribution < -0.4 is 5.73 Å². The van der Waals surface area contributed by atoms with Crippen molar-refractivity contribution in [3.8, 4) is 0 Å². The van der Waals surface area contributed by atoms with E-state index < -0.39 is 0 Å². The molecule has 2 rings (SSSR count). The van der Waals surface area contributed by atoms with Gasteiger partial charge in [-0.05, 0) is 17.9 Å². The van der Waals surface area contributed by atoms with Crippen LogP contribution in [0.4, 0.5) is 0 Å². The number of nitrogens with two attached hydrogens (primary N) is 1. The van der Waals surface area contributed by atoms with Crippen LogP contribution in [-0.4, -0.2) is 11.5 Å². The SMILES string of the molecule is CC(C)c1nc([C@H]2[C@H](CN)C2(C)C)cs1. The smallest absolute Gasteiger partial charge is 0.0953 e. The molecule has 1 aliphatic carbocycles.